The number of fused-ring (bicyclic) bond motifs is 1. The number of methoxy groups -OCH3 is 1. The van der Waals surface area contributed by atoms with E-state index in [1.54, 1.807) is 24.3 Å². The minimum Gasteiger partial charge on any atom is -0.497 e. The monoisotopic (exact) mass is 513 g/mol. The molecule has 0 N–H and O–H groups in total. The van der Waals surface area contributed by atoms with Crippen molar-refractivity contribution in [3.8, 4) is 17.3 Å². The largest absolute Gasteiger partial charge is 0.497 e. The molecule has 2 aromatic carbocycles. The van der Waals surface area contributed by atoms with Crippen molar-refractivity contribution >= 4 is 28.3 Å². The Hall–Kier alpha value is -4.25. The molecule has 182 valence electrons. The third-order valence-electron chi connectivity index (χ3n) is 5.45. The van der Waals surface area contributed by atoms with Gasteiger partial charge in [-0.1, -0.05) is 28.9 Å². The topological polar surface area (TPSA) is 95.9 Å². The average molecular weight is 514 g/mol. The van der Waals surface area contributed by atoms with Crippen molar-refractivity contribution in [1.29, 1.82) is 0 Å². The summed E-state index contributed by atoms with van der Waals surface area (Å²) in [5.74, 6) is -1.44. The van der Waals surface area contributed by atoms with Gasteiger partial charge < -0.3 is 13.8 Å². The first kappa shape index (κ1) is 23.5. The third-order valence-corrected chi connectivity index (χ3v) is 5.70. The smallest absolute Gasteiger partial charge is 0.432 e. The summed E-state index contributed by atoms with van der Waals surface area (Å²) in [7, 11) is 1.38. The zero-order valence-corrected chi connectivity index (χ0v) is 19.2. The fraction of sp³-hybridized carbons (Fsp3) is 0.125. The number of nitrogens with zero attached hydrogens (tertiary/aromatic N) is 5. The molecule has 0 amide bonds. The van der Waals surface area contributed by atoms with Crippen molar-refractivity contribution in [2.75, 3.05) is 7.11 Å². The maximum atomic E-state index is 14.5. The average Bonchev–Trinajstić information content (AvgIpc) is 3.49. The van der Waals surface area contributed by atoms with Gasteiger partial charge >= 0.3 is 6.18 Å². The molecule has 0 aliphatic rings. The van der Waals surface area contributed by atoms with Crippen LogP contribution in [0.3, 0.4) is 0 Å². The van der Waals surface area contributed by atoms with Gasteiger partial charge in [0.05, 0.1) is 12.7 Å². The fourth-order valence-electron chi connectivity index (χ4n) is 3.87. The number of alkyl halides is 3. The summed E-state index contributed by atoms with van der Waals surface area (Å²) >= 11 is 5.93. The molecule has 0 saturated carbocycles. The van der Waals surface area contributed by atoms with Gasteiger partial charge in [-0.2, -0.15) is 18.2 Å². The van der Waals surface area contributed by atoms with Crippen LogP contribution in [0.5, 0.6) is 5.75 Å². The Morgan fingerprint density at radius 3 is 2.58 bits per heavy atom. The van der Waals surface area contributed by atoms with Gasteiger partial charge in [0, 0.05) is 28.7 Å². The SMILES string of the molecule is COc1ccc2c(c1)c(C(=O)c1noc(-c3ccncn3)n1)c(C(F)(F)F)n2Cc1ccc(Cl)cc1. The highest BCUT2D eigenvalue weighted by Gasteiger charge is 2.42. The molecule has 0 saturated heterocycles. The van der Waals surface area contributed by atoms with Gasteiger partial charge in [-0.05, 0) is 42.0 Å². The van der Waals surface area contributed by atoms with Gasteiger partial charge in [0.1, 0.15) is 23.5 Å². The molecule has 0 unspecified atom stereocenters. The third kappa shape index (κ3) is 4.29. The van der Waals surface area contributed by atoms with Crippen LogP contribution in [-0.4, -0.2) is 37.6 Å². The molecule has 0 fully saturated rings. The lowest BCUT2D eigenvalue weighted by atomic mass is 10.1. The van der Waals surface area contributed by atoms with Crippen molar-refractivity contribution < 1.29 is 27.2 Å². The van der Waals surface area contributed by atoms with Crippen LogP contribution in [0.1, 0.15) is 27.4 Å². The van der Waals surface area contributed by atoms with Gasteiger partial charge in [-0.3, -0.25) is 4.79 Å². The van der Waals surface area contributed by atoms with Gasteiger partial charge in [0.2, 0.25) is 11.6 Å². The maximum absolute atomic E-state index is 14.5. The van der Waals surface area contributed by atoms with Crippen LogP contribution in [0.15, 0.2) is 65.6 Å². The summed E-state index contributed by atoms with van der Waals surface area (Å²) in [4.78, 5) is 25.2. The first-order valence-electron chi connectivity index (χ1n) is 10.4. The first-order valence-corrected chi connectivity index (χ1v) is 10.8. The van der Waals surface area contributed by atoms with E-state index in [0.717, 1.165) is 4.57 Å². The molecule has 0 aliphatic carbocycles. The highest BCUT2D eigenvalue weighted by Crippen LogP contribution is 2.40. The molecule has 0 bridgehead atoms. The molecule has 3 aromatic heterocycles. The van der Waals surface area contributed by atoms with Crippen LogP contribution in [0.4, 0.5) is 13.2 Å². The Morgan fingerprint density at radius 2 is 1.92 bits per heavy atom. The van der Waals surface area contributed by atoms with Crippen LogP contribution in [0, 0.1) is 0 Å². The second-order valence-corrected chi connectivity index (χ2v) is 8.10. The molecule has 0 spiro atoms. The summed E-state index contributed by atoms with van der Waals surface area (Å²) in [6.45, 7) is -0.166. The Balaban J connectivity index is 1.71. The number of hydrogen-bond acceptors (Lipinski definition) is 7. The number of rotatable bonds is 6. The Kier molecular flexibility index (Phi) is 5.92. The highest BCUT2D eigenvalue weighted by molar-refractivity contribution is 6.30. The molecule has 0 aliphatic heterocycles. The minimum atomic E-state index is -4.89. The molecule has 0 radical (unpaired) electrons. The first-order chi connectivity index (χ1) is 17.3. The summed E-state index contributed by atoms with van der Waals surface area (Å²) in [5, 5.41) is 4.11. The van der Waals surface area contributed by atoms with Crippen LogP contribution < -0.4 is 4.74 Å². The van der Waals surface area contributed by atoms with Crippen LogP contribution >= 0.6 is 11.6 Å². The highest BCUT2D eigenvalue weighted by atomic mass is 35.5. The van der Waals surface area contributed by atoms with E-state index in [4.69, 9.17) is 20.9 Å². The standard InChI is InChI=1S/C24H15ClF3N5O3/c1-35-15-6-7-18-16(10-15)19(20(34)22-31-23(36-32-22)17-8-9-29-12-30-17)21(24(26,27)28)33(18)11-13-2-4-14(25)5-3-13/h2-10,12H,11H2,1H3. The number of benzene rings is 2. The lowest BCUT2D eigenvalue weighted by Crippen LogP contribution is -2.19. The number of carbonyl (C=O) groups excluding carboxylic acids is 1. The van der Waals surface area contributed by atoms with E-state index < -0.39 is 29.0 Å². The zero-order chi connectivity index (χ0) is 25.4. The summed E-state index contributed by atoms with van der Waals surface area (Å²) in [6.07, 6.45) is -2.23. The van der Waals surface area contributed by atoms with E-state index in [1.807, 2.05) is 0 Å². The van der Waals surface area contributed by atoms with E-state index in [-0.39, 0.29) is 34.8 Å². The summed E-state index contributed by atoms with van der Waals surface area (Å²) in [5.41, 5.74) is -0.790. The quantitative estimate of drug-likeness (QED) is 0.279. The summed E-state index contributed by atoms with van der Waals surface area (Å²) < 4.78 is 54.9. The van der Waals surface area contributed by atoms with E-state index in [0.29, 0.717) is 10.6 Å². The number of aromatic nitrogens is 5. The predicted octanol–water partition coefficient (Wildman–Crippen LogP) is 5.44. The molecule has 5 aromatic rings. The molecular weight excluding hydrogens is 499 g/mol. The molecule has 0 atom stereocenters. The van der Waals surface area contributed by atoms with Gasteiger partial charge in [-0.25, -0.2) is 9.97 Å². The Bertz CT molecular complexity index is 1560. The van der Waals surface area contributed by atoms with E-state index in [1.165, 1.54) is 43.9 Å². The molecule has 3 heterocycles. The molecule has 8 nitrogen and oxygen atoms in total. The van der Waals surface area contributed by atoms with Crippen molar-refractivity contribution in [1.82, 2.24) is 24.7 Å². The minimum absolute atomic E-state index is 0.0361. The van der Waals surface area contributed by atoms with Gasteiger partial charge in [0.25, 0.3) is 5.89 Å². The Morgan fingerprint density at radius 1 is 1.14 bits per heavy atom. The number of hydrogen-bond donors (Lipinski definition) is 0. The maximum Gasteiger partial charge on any atom is 0.432 e. The molecular formula is C24H15ClF3N5O3. The molecule has 36 heavy (non-hydrogen) atoms. The van der Waals surface area contributed by atoms with Crippen molar-refractivity contribution in [3.63, 3.8) is 0 Å². The fourth-order valence-corrected chi connectivity index (χ4v) is 4.00. The lowest BCUT2D eigenvalue weighted by molar-refractivity contribution is -0.143. The molecule has 5 rings (SSSR count). The van der Waals surface area contributed by atoms with Crippen LogP contribution in [0.25, 0.3) is 22.5 Å². The number of ether oxygens (including phenoxy) is 1. The second kappa shape index (κ2) is 9.08. The van der Waals surface area contributed by atoms with Crippen molar-refractivity contribution in [2.45, 2.75) is 12.7 Å². The van der Waals surface area contributed by atoms with E-state index in [9.17, 15) is 18.0 Å². The van der Waals surface area contributed by atoms with Crippen molar-refractivity contribution in [3.05, 3.63) is 88.7 Å². The van der Waals surface area contributed by atoms with Gasteiger partial charge in [0.15, 0.2) is 0 Å². The number of ketones is 1. The normalized spacial score (nSPS) is 11.7. The Labute approximate surface area is 206 Å². The summed E-state index contributed by atoms with van der Waals surface area (Å²) in [6, 6.07) is 12.2. The van der Waals surface area contributed by atoms with E-state index in [2.05, 4.69) is 20.1 Å². The number of halogens is 4. The molecule has 12 heteroatoms. The van der Waals surface area contributed by atoms with Crippen LogP contribution in [-0.2, 0) is 12.7 Å². The zero-order valence-electron chi connectivity index (χ0n) is 18.5. The lowest BCUT2D eigenvalue weighted by Gasteiger charge is -2.14. The van der Waals surface area contributed by atoms with E-state index >= 15 is 0 Å². The predicted molar refractivity (Wildman–Crippen MR) is 123 cm³/mol. The number of carbonyl (C=O) groups is 1. The van der Waals surface area contributed by atoms with Crippen LogP contribution in [0.2, 0.25) is 5.02 Å². The second-order valence-electron chi connectivity index (χ2n) is 7.66. The van der Waals surface area contributed by atoms with Crippen molar-refractivity contribution in [2.24, 2.45) is 0 Å². The van der Waals surface area contributed by atoms with Gasteiger partial charge in [-0.15, -0.1) is 0 Å².